The molecule has 0 unspecified atom stereocenters. The molecular formula is C27H36N6O3S. The number of anilines is 4. The van der Waals surface area contributed by atoms with Crippen LogP contribution in [0.3, 0.4) is 0 Å². The van der Waals surface area contributed by atoms with Crippen molar-refractivity contribution >= 4 is 33.3 Å². The summed E-state index contributed by atoms with van der Waals surface area (Å²) in [5.41, 5.74) is 1.98. The lowest BCUT2D eigenvalue weighted by molar-refractivity contribution is 0.382. The minimum atomic E-state index is -3.60. The van der Waals surface area contributed by atoms with Crippen LogP contribution < -0.4 is 19.9 Å². The number of nitrogens with one attached hydrogen (secondary N) is 1. The normalized spacial score (nSPS) is 14.9. The summed E-state index contributed by atoms with van der Waals surface area (Å²) in [5, 5.41) is 3.40. The van der Waals surface area contributed by atoms with Crippen LogP contribution in [0.1, 0.15) is 26.3 Å². The molecule has 4 rings (SSSR count). The SMILES string of the molecule is COc1ccc(S(=O)(=O)N2CCN(c3nc(Nc4ccc(C)cc4)cc(N(C)C(C)(C)C)n3)CC2)cc1. The number of ether oxygens (including phenoxy) is 1. The molecule has 37 heavy (non-hydrogen) atoms. The molecule has 1 fully saturated rings. The van der Waals surface area contributed by atoms with E-state index >= 15 is 0 Å². The van der Waals surface area contributed by atoms with Crippen molar-refractivity contribution in [1.29, 1.82) is 0 Å². The van der Waals surface area contributed by atoms with Crippen LogP contribution in [0.5, 0.6) is 5.75 Å². The Morgan fingerprint density at radius 1 is 0.946 bits per heavy atom. The van der Waals surface area contributed by atoms with Crippen LogP contribution in [0.25, 0.3) is 0 Å². The van der Waals surface area contributed by atoms with Gasteiger partial charge in [-0.05, 0) is 64.1 Å². The molecule has 0 radical (unpaired) electrons. The Bertz CT molecular complexity index is 1310. The zero-order valence-corrected chi connectivity index (χ0v) is 23.2. The predicted octanol–water partition coefficient (Wildman–Crippen LogP) is 4.28. The Kier molecular flexibility index (Phi) is 7.61. The van der Waals surface area contributed by atoms with Gasteiger partial charge >= 0.3 is 0 Å². The van der Waals surface area contributed by atoms with E-state index in [0.717, 1.165) is 11.5 Å². The number of sulfonamides is 1. The van der Waals surface area contributed by atoms with Gasteiger partial charge in [-0.2, -0.15) is 14.3 Å². The van der Waals surface area contributed by atoms with Crippen LogP contribution in [0.4, 0.5) is 23.3 Å². The largest absolute Gasteiger partial charge is 0.497 e. The zero-order chi connectivity index (χ0) is 26.8. The maximum Gasteiger partial charge on any atom is 0.243 e. The molecule has 2 aromatic carbocycles. The molecule has 9 nitrogen and oxygen atoms in total. The lowest BCUT2D eigenvalue weighted by Crippen LogP contribution is -2.49. The molecule has 198 valence electrons. The molecule has 0 amide bonds. The minimum Gasteiger partial charge on any atom is -0.497 e. The van der Waals surface area contributed by atoms with Gasteiger partial charge in [-0.25, -0.2) is 8.42 Å². The molecule has 2 heterocycles. The fourth-order valence-corrected chi connectivity index (χ4v) is 5.38. The Morgan fingerprint density at radius 2 is 1.57 bits per heavy atom. The maximum atomic E-state index is 13.2. The smallest absolute Gasteiger partial charge is 0.243 e. The molecule has 1 aromatic heterocycles. The minimum absolute atomic E-state index is 0.141. The van der Waals surface area contributed by atoms with Gasteiger partial charge in [0.15, 0.2) is 0 Å². The third kappa shape index (κ3) is 6.14. The molecule has 0 bridgehead atoms. The summed E-state index contributed by atoms with van der Waals surface area (Å²) < 4.78 is 33.0. The fourth-order valence-electron chi connectivity index (χ4n) is 3.95. The van der Waals surface area contributed by atoms with Crippen molar-refractivity contribution in [2.45, 2.75) is 38.1 Å². The van der Waals surface area contributed by atoms with Crippen molar-refractivity contribution < 1.29 is 13.2 Å². The van der Waals surface area contributed by atoms with E-state index in [2.05, 4.69) is 50.0 Å². The first-order valence-electron chi connectivity index (χ1n) is 12.3. The first-order valence-corrected chi connectivity index (χ1v) is 13.8. The summed E-state index contributed by atoms with van der Waals surface area (Å²) in [4.78, 5) is 14.1. The molecule has 1 saturated heterocycles. The quantitative estimate of drug-likeness (QED) is 0.490. The van der Waals surface area contributed by atoms with Gasteiger partial charge in [-0.3, -0.25) is 0 Å². The highest BCUT2D eigenvalue weighted by Gasteiger charge is 2.30. The van der Waals surface area contributed by atoms with Gasteiger partial charge in [0.25, 0.3) is 0 Å². The van der Waals surface area contributed by atoms with Crippen molar-refractivity contribution in [1.82, 2.24) is 14.3 Å². The second-order valence-corrected chi connectivity index (χ2v) is 12.1. The molecule has 0 atom stereocenters. The van der Waals surface area contributed by atoms with Crippen LogP contribution in [-0.2, 0) is 10.0 Å². The highest BCUT2D eigenvalue weighted by molar-refractivity contribution is 7.89. The van der Waals surface area contributed by atoms with Crippen LogP contribution in [0, 0.1) is 6.92 Å². The average Bonchev–Trinajstić information content (AvgIpc) is 2.89. The van der Waals surface area contributed by atoms with Crippen molar-refractivity contribution in [3.05, 3.63) is 60.2 Å². The summed E-state index contributed by atoms with van der Waals surface area (Å²) in [6, 6.07) is 16.6. The van der Waals surface area contributed by atoms with Gasteiger partial charge in [0.2, 0.25) is 16.0 Å². The maximum absolute atomic E-state index is 13.2. The van der Waals surface area contributed by atoms with E-state index in [4.69, 9.17) is 14.7 Å². The van der Waals surface area contributed by atoms with Crippen molar-refractivity contribution in [2.75, 3.05) is 55.5 Å². The molecule has 0 spiro atoms. The molecule has 3 aromatic rings. The third-order valence-electron chi connectivity index (χ3n) is 6.59. The first kappa shape index (κ1) is 26.7. The second kappa shape index (κ2) is 10.5. The standard InChI is InChI=1S/C27H36N6O3S/c1-20-7-9-21(10-8-20)28-24-19-25(31(5)27(2,3)4)30-26(29-24)32-15-17-33(18-16-32)37(34,35)23-13-11-22(36-6)12-14-23/h7-14,19H,15-18H2,1-6H3,(H,28,29,30). The van der Waals surface area contributed by atoms with Gasteiger partial charge in [0.1, 0.15) is 17.4 Å². The molecule has 10 heteroatoms. The number of hydrogen-bond donors (Lipinski definition) is 1. The van der Waals surface area contributed by atoms with Gasteiger partial charge < -0.3 is 19.9 Å². The summed E-state index contributed by atoms with van der Waals surface area (Å²) in [6.07, 6.45) is 0. The van der Waals surface area contributed by atoms with Gasteiger partial charge in [-0.1, -0.05) is 17.7 Å². The number of piperazine rings is 1. The molecule has 0 aliphatic carbocycles. The molecule has 1 aliphatic rings. The molecule has 1 N–H and O–H groups in total. The van der Waals surface area contributed by atoms with Crippen molar-refractivity contribution in [3.8, 4) is 5.75 Å². The van der Waals surface area contributed by atoms with Crippen molar-refractivity contribution in [2.24, 2.45) is 0 Å². The Morgan fingerprint density at radius 3 is 2.14 bits per heavy atom. The number of hydrogen-bond acceptors (Lipinski definition) is 8. The average molecular weight is 525 g/mol. The van der Waals surface area contributed by atoms with Crippen molar-refractivity contribution in [3.63, 3.8) is 0 Å². The van der Waals surface area contributed by atoms with E-state index in [1.807, 2.05) is 30.1 Å². The first-order chi connectivity index (χ1) is 17.5. The molecule has 1 aliphatic heterocycles. The molecular weight excluding hydrogens is 488 g/mol. The Hall–Kier alpha value is -3.37. The summed E-state index contributed by atoms with van der Waals surface area (Å²) in [7, 11) is -0.0250. The van der Waals surface area contributed by atoms with E-state index in [1.54, 1.807) is 31.4 Å². The summed E-state index contributed by atoms with van der Waals surface area (Å²) >= 11 is 0. The topological polar surface area (TPSA) is 90.9 Å². The van der Waals surface area contributed by atoms with Gasteiger partial charge in [0, 0.05) is 50.5 Å². The highest BCUT2D eigenvalue weighted by Crippen LogP contribution is 2.28. The second-order valence-electron chi connectivity index (χ2n) is 10.2. The Balaban J connectivity index is 1.56. The van der Waals surface area contributed by atoms with Crippen LogP contribution in [0.2, 0.25) is 0 Å². The lowest BCUT2D eigenvalue weighted by Gasteiger charge is -2.36. The Labute approximate surface area is 220 Å². The van der Waals surface area contributed by atoms with E-state index in [0.29, 0.717) is 43.7 Å². The van der Waals surface area contributed by atoms with Gasteiger partial charge in [-0.15, -0.1) is 0 Å². The van der Waals surface area contributed by atoms with E-state index in [1.165, 1.54) is 9.87 Å². The summed E-state index contributed by atoms with van der Waals surface area (Å²) in [5.74, 6) is 2.68. The third-order valence-corrected chi connectivity index (χ3v) is 8.51. The number of aromatic nitrogens is 2. The number of rotatable bonds is 7. The fraction of sp³-hybridized carbons (Fsp3) is 0.407. The number of methoxy groups -OCH3 is 1. The number of benzene rings is 2. The van der Waals surface area contributed by atoms with E-state index in [9.17, 15) is 8.42 Å². The van der Waals surface area contributed by atoms with Gasteiger partial charge in [0.05, 0.1) is 12.0 Å². The number of aryl methyl sites for hydroxylation is 1. The van der Waals surface area contributed by atoms with Crippen LogP contribution >= 0.6 is 0 Å². The van der Waals surface area contributed by atoms with Crippen LogP contribution in [0.15, 0.2) is 59.5 Å². The molecule has 0 saturated carbocycles. The predicted molar refractivity (Wildman–Crippen MR) is 149 cm³/mol. The highest BCUT2D eigenvalue weighted by atomic mass is 32.2. The lowest BCUT2D eigenvalue weighted by atomic mass is 10.1. The van der Waals surface area contributed by atoms with E-state index in [-0.39, 0.29) is 10.4 Å². The van der Waals surface area contributed by atoms with Crippen LogP contribution in [-0.4, -0.2) is 68.6 Å². The zero-order valence-electron chi connectivity index (χ0n) is 22.4. The number of nitrogens with zero attached hydrogens (tertiary/aromatic N) is 5. The summed E-state index contributed by atoms with van der Waals surface area (Å²) in [6.45, 7) is 10.1. The van der Waals surface area contributed by atoms with E-state index < -0.39 is 10.0 Å². The monoisotopic (exact) mass is 524 g/mol.